The van der Waals surface area contributed by atoms with Gasteiger partial charge in [-0.05, 0) is 94.1 Å². The summed E-state index contributed by atoms with van der Waals surface area (Å²) in [6.45, 7) is 20.0. The average Bonchev–Trinajstić information content (AvgIpc) is 3.75. The predicted octanol–water partition coefficient (Wildman–Crippen LogP) is 11.1. The molecule has 4 heteroatoms. The molecule has 0 N–H and O–H groups in total. The topological polar surface area (TPSA) is 23.3 Å². The second-order valence-electron chi connectivity index (χ2n) is 16.0. The highest BCUT2D eigenvalue weighted by Gasteiger charge is 2.47. The number of allylic oxidation sites excluding steroid dienone is 10. The van der Waals surface area contributed by atoms with Gasteiger partial charge in [0, 0.05) is 64.0 Å². The first-order chi connectivity index (χ1) is 22.8. The number of carbonyl (C=O) groups is 1. The Kier molecular flexibility index (Phi) is 9.66. The maximum atomic E-state index is 12.6. The van der Waals surface area contributed by atoms with Crippen molar-refractivity contribution < 1.29 is 9.37 Å². The molecule has 0 aromatic heterocycles. The van der Waals surface area contributed by atoms with Gasteiger partial charge in [-0.1, -0.05) is 93.9 Å². The molecule has 2 heterocycles. The van der Waals surface area contributed by atoms with Crippen LogP contribution in [0.4, 0.5) is 11.4 Å². The Morgan fingerprint density at radius 1 is 0.958 bits per heavy atom. The quantitative estimate of drug-likeness (QED) is 0.224. The first kappa shape index (κ1) is 34.4. The Bertz CT molecular complexity index is 1790. The number of Topliss-reactive ketones (excluding diaryl/α,β-unsaturated/α-hetero) is 1. The monoisotopic (exact) mass is 661 g/mol. The molecule has 2 unspecified atom stereocenters. The molecule has 0 amide bonds. The van der Waals surface area contributed by atoms with Crippen LogP contribution in [0.15, 0.2) is 106 Å². The predicted molar refractivity (Wildman–Crippen MR) is 204 cm³/mol. The molecule has 252 valence electrons. The number of carbonyl (C=O) groups excluding carboxylic acids is 1. The lowest BCUT2D eigenvalue weighted by atomic mass is 9.72. The van der Waals surface area contributed by atoms with E-state index >= 15 is 0 Å². The van der Waals surface area contributed by atoms with Gasteiger partial charge in [0.15, 0.2) is 11.5 Å². The van der Waals surface area contributed by atoms with Crippen LogP contribution in [0, 0.1) is 17.8 Å². The van der Waals surface area contributed by atoms with Gasteiger partial charge in [0.25, 0.3) is 0 Å². The minimum Gasteiger partial charge on any atom is -0.344 e. The number of fused-ring (bicyclic) bond motifs is 2. The van der Waals surface area contributed by atoms with E-state index in [1.165, 1.54) is 45.1 Å². The summed E-state index contributed by atoms with van der Waals surface area (Å²) in [4.78, 5) is 15.2. The first-order valence-corrected chi connectivity index (χ1v) is 18.5. The van der Waals surface area contributed by atoms with E-state index in [2.05, 4.69) is 131 Å². The number of hydrogen-bond acceptors (Lipinski definition) is 2. The molecule has 2 atom stereocenters. The van der Waals surface area contributed by atoms with E-state index in [-0.39, 0.29) is 22.5 Å². The number of hydrogen-bond donors (Lipinski definition) is 0. The summed E-state index contributed by atoms with van der Waals surface area (Å²) in [5, 5.41) is 0.901. The van der Waals surface area contributed by atoms with Gasteiger partial charge in [-0.25, -0.2) is 0 Å². The lowest BCUT2D eigenvalue weighted by molar-refractivity contribution is -0.439. The van der Waals surface area contributed by atoms with Crippen molar-refractivity contribution in [3.8, 4) is 0 Å². The van der Waals surface area contributed by atoms with Crippen LogP contribution in [0.2, 0.25) is 0 Å². The molecule has 2 aromatic carbocycles. The average molecular weight is 662 g/mol. The maximum Gasteiger partial charge on any atom is 0.209 e. The molecular formula is C44H54ClN2O+. The van der Waals surface area contributed by atoms with E-state index < -0.39 is 0 Å². The highest BCUT2D eigenvalue weighted by atomic mass is 35.5. The van der Waals surface area contributed by atoms with Crippen molar-refractivity contribution in [1.29, 1.82) is 0 Å². The van der Waals surface area contributed by atoms with E-state index in [0.717, 1.165) is 55.8 Å². The third-order valence-corrected chi connectivity index (χ3v) is 11.7. The smallest absolute Gasteiger partial charge is 0.209 e. The molecule has 4 aliphatic rings. The van der Waals surface area contributed by atoms with Crippen LogP contribution in [0.25, 0.3) is 0 Å². The fourth-order valence-corrected chi connectivity index (χ4v) is 8.66. The van der Waals surface area contributed by atoms with Gasteiger partial charge < -0.3 is 4.90 Å². The molecule has 0 radical (unpaired) electrons. The number of ketones is 1. The Balaban J connectivity index is 1.44. The highest BCUT2D eigenvalue weighted by Crippen LogP contribution is 2.53. The van der Waals surface area contributed by atoms with Gasteiger partial charge >= 0.3 is 0 Å². The number of nitrogens with zero attached hydrogens (tertiary/aromatic N) is 2. The standard InChI is InChI=1S/C44H54ClN2O/c1-29(2)22-24-46-38-18-11-9-16-36(38)43(6,7)40(46)26-32-20-21-33(42(32)45)27-41-44(8,28-34-14-13-15-35(34)31(5)48)37-17-10-12-19-39(37)47(41)25-23-30(3)4/h9-19,26-27,29-30,34H,20-25,28H2,1-8H3/q+1. The molecule has 0 saturated heterocycles. The number of rotatable bonds is 11. The van der Waals surface area contributed by atoms with Crippen molar-refractivity contribution >= 4 is 34.5 Å². The minimum atomic E-state index is -0.268. The van der Waals surface area contributed by atoms with Crippen LogP contribution in [0.3, 0.4) is 0 Å². The third kappa shape index (κ3) is 6.24. The second kappa shape index (κ2) is 13.5. The zero-order valence-corrected chi connectivity index (χ0v) is 31.1. The molecule has 6 rings (SSSR count). The van der Waals surface area contributed by atoms with Crippen molar-refractivity contribution in [1.82, 2.24) is 0 Å². The van der Waals surface area contributed by atoms with Crippen LogP contribution < -0.4 is 4.90 Å². The molecule has 2 aliphatic heterocycles. The number of halogens is 1. The zero-order chi connectivity index (χ0) is 34.4. The fourth-order valence-electron chi connectivity index (χ4n) is 8.36. The minimum absolute atomic E-state index is 0.0944. The normalized spacial score (nSPS) is 24.6. The summed E-state index contributed by atoms with van der Waals surface area (Å²) in [6.07, 6.45) is 16.1. The summed E-state index contributed by atoms with van der Waals surface area (Å²) in [7, 11) is 0. The molecule has 0 fully saturated rings. The fraction of sp³-hybridized carbons (Fsp3) is 0.455. The summed E-state index contributed by atoms with van der Waals surface area (Å²) in [5.74, 6) is 1.48. The van der Waals surface area contributed by atoms with E-state index in [9.17, 15) is 4.79 Å². The summed E-state index contributed by atoms with van der Waals surface area (Å²) < 4.78 is 2.55. The molecular weight excluding hydrogens is 608 g/mol. The van der Waals surface area contributed by atoms with Crippen molar-refractivity contribution in [3.05, 3.63) is 117 Å². The number of benzene rings is 2. The van der Waals surface area contributed by atoms with Crippen molar-refractivity contribution in [2.45, 2.75) is 98.3 Å². The van der Waals surface area contributed by atoms with Crippen molar-refractivity contribution in [2.24, 2.45) is 17.8 Å². The van der Waals surface area contributed by atoms with Crippen LogP contribution in [-0.4, -0.2) is 29.2 Å². The Labute approximate surface area is 294 Å². The van der Waals surface area contributed by atoms with Crippen LogP contribution in [0.5, 0.6) is 0 Å². The van der Waals surface area contributed by atoms with Gasteiger partial charge in [0.05, 0.1) is 5.41 Å². The maximum absolute atomic E-state index is 12.6. The van der Waals surface area contributed by atoms with Crippen LogP contribution in [-0.2, 0) is 15.6 Å². The Morgan fingerprint density at radius 2 is 1.65 bits per heavy atom. The van der Waals surface area contributed by atoms with Gasteiger partial charge in [-0.3, -0.25) is 4.79 Å². The molecule has 2 aliphatic carbocycles. The Morgan fingerprint density at radius 3 is 2.35 bits per heavy atom. The van der Waals surface area contributed by atoms with Crippen molar-refractivity contribution in [3.63, 3.8) is 0 Å². The molecule has 3 nitrogen and oxygen atoms in total. The molecule has 48 heavy (non-hydrogen) atoms. The lowest BCUT2D eigenvalue weighted by Crippen LogP contribution is -2.32. The van der Waals surface area contributed by atoms with E-state index in [0.29, 0.717) is 11.8 Å². The van der Waals surface area contributed by atoms with Gasteiger partial charge in [-0.2, -0.15) is 4.58 Å². The van der Waals surface area contributed by atoms with Gasteiger partial charge in [0.2, 0.25) is 5.69 Å². The second-order valence-corrected chi connectivity index (χ2v) is 16.3. The van der Waals surface area contributed by atoms with Crippen LogP contribution in [0.1, 0.15) is 98.6 Å². The van der Waals surface area contributed by atoms with Gasteiger partial charge in [-0.15, -0.1) is 0 Å². The third-order valence-electron chi connectivity index (χ3n) is 11.2. The van der Waals surface area contributed by atoms with Crippen molar-refractivity contribution in [2.75, 3.05) is 18.0 Å². The van der Waals surface area contributed by atoms with Gasteiger partial charge in [0.1, 0.15) is 6.54 Å². The Hall–Kier alpha value is -3.43. The summed E-state index contributed by atoms with van der Waals surface area (Å²) in [5.41, 5.74) is 11.0. The number of para-hydroxylation sites is 2. The molecule has 0 saturated carbocycles. The lowest BCUT2D eigenvalue weighted by Gasteiger charge is -2.33. The zero-order valence-electron chi connectivity index (χ0n) is 30.4. The first-order valence-electron chi connectivity index (χ1n) is 18.2. The molecule has 2 aromatic rings. The van der Waals surface area contributed by atoms with E-state index in [4.69, 9.17) is 11.6 Å². The van der Waals surface area contributed by atoms with Crippen LogP contribution >= 0.6 is 11.6 Å². The SMILES string of the molecule is CC(=O)C1=CC=CC1CC1(C)C(=CC2=C(Cl)C(=CC3=[N+](CCC(C)C)c4ccccc4C3(C)C)CC2)N(CCC(C)C)c2ccccc21. The summed E-state index contributed by atoms with van der Waals surface area (Å²) >= 11 is 7.45. The summed E-state index contributed by atoms with van der Waals surface area (Å²) in [6, 6.07) is 17.8. The largest absolute Gasteiger partial charge is 0.344 e. The molecule has 0 spiro atoms. The van der Waals surface area contributed by atoms with E-state index in [1.807, 2.05) is 6.08 Å². The number of anilines is 1. The van der Waals surface area contributed by atoms with E-state index in [1.54, 1.807) is 6.92 Å². The highest BCUT2D eigenvalue weighted by molar-refractivity contribution is 6.33. The molecule has 0 bridgehead atoms.